The van der Waals surface area contributed by atoms with E-state index in [0.29, 0.717) is 5.57 Å². The lowest BCUT2D eigenvalue weighted by Crippen LogP contribution is -2.41. The Kier molecular flexibility index (Phi) is 13.7. The highest BCUT2D eigenvalue weighted by atomic mass is 16.4. The van der Waals surface area contributed by atoms with E-state index in [4.69, 9.17) is 5.11 Å². The van der Waals surface area contributed by atoms with E-state index in [0.717, 1.165) is 57.8 Å². The van der Waals surface area contributed by atoms with E-state index in [1.165, 1.54) is 6.08 Å². The van der Waals surface area contributed by atoms with Gasteiger partial charge in [-0.3, -0.25) is 9.59 Å². The van der Waals surface area contributed by atoms with Crippen LogP contribution in [0.1, 0.15) is 85.5 Å². The number of hydrogen-bond acceptors (Lipinski definition) is 3. The number of unbranched alkanes of at least 4 members (excludes halogenated alkanes) is 3. The average Bonchev–Trinajstić information content (AvgIpc) is 2.69. The molecular weight excluding hydrogens is 368 g/mol. The van der Waals surface area contributed by atoms with Crippen molar-refractivity contribution in [3.63, 3.8) is 0 Å². The number of carboxylic acid groups (broad SMARTS) is 2. The van der Waals surface area contributed by atoms with Gasteiger partial charge >= 0.3 is 11.9 Å². The summed E-state index contributed by atoms with van der Waals surface area (Å²) in [4.78, 5) is 34.3. The summed E-state index contributed by atoms with van der Waals surface area (Å²) in [7, 11) is 0. The molecule has 0 saturated heterocycles. The number of carbonyl (C=O) groups excluding carboxylic acids is 1. The van der Waals surface area contributed by atoms with Crippen LogP contribution >= 0.6 is 0 Å². The maximum atomic E-state index is 12.4. The van der Waals surface area contributed by atoms with Crippen LogP contribution in [-0.4, -0.2) is 27.9 Å². The average molecular weight is 407 g/mol. The monoisotopic (exact) mass is 406 g/mol. The predicted molar refractivity (Wildman–Crippen MR) is 117 cm³/mol. The maximum absolute atomic E-state index is 12.4. The van der Waals surface area contributed by atoms with Gasteiger partial charge < -0.3 is 10.2 Å². The van der Waals surface area contributed by atoms with Crippen molar-refractivity contribution in [2.24, 2.45) is 11.3 Å². The minimum absolute atomic E-state index is 0.281. The van der Waals surface area contributed by atoms with E-state index in [9.17, 15) is 19.5 Å². The van der Waals surface area contributed by atoms with Crippen LogP contribution in [0.5, 0.6) is 0 Å². The van der Waals surface area contributed by atoms with Crippen molar-refractivity contribution < 1.29 is 24.6 Å². The van der Waals surface area contributed by atoms with Gasteiger partial charge in [0.1, 0.15) is 0 Å². The molecule has 0 aromatic carbocycles. The number of hydrogen-bond donors (Lipinski definition) is 2. The Hall–Kier alpha value is -2.17. The maximum Gasteiger partial charge on any atom is 0.331 e. The van der Waals surface area contributed by atoms with E-state index in [-0.39, 0.29) is 11.7 Å². The highest BCUT2D eigenvalue weighted by molar-refractivity contribution is 6.10. The Morgan fingerprint density at radius 2 is 1.76 bits per heavy atom. The fourth-order valence-electron chi connectivity index (χ4n) is 3.10. The Morgan fingerprint density at radius 3 is 2.17 bits per heavy atom. The molecule has 0 aromatic heterocycles. The first-order valence-corrected chi connectivity index (χ1v) is 10.8. The highest BCUT2D eigenvalue weighted by Gasteiger charge is 2.45. The van der Waals surface area contributed by atoms with Gasteiger partial charge in [-0.25, -0.2) is 4.79 Å². The van der Waals surface area contributed by atoms with Crippen molar-refractivity contribution in [1.82, 2.24) is 0 Å². The molecule has 0 fully saturated rings. The summed E-state index contributed by atoms with van der Waals surface area (Å²) in [5, 5.41) is 18.0. The molecule has 1 aliphatic carbocycles. The molecule has 1 aliphatic rings. The van der Waals surface area contributed by atoms with Gasteiger partial charge in [0.15, 0.2) is 11.2 Å². The zero-order valence-corrected chi connectivity index (χ0v) is 18.4. The van der Waals surface area contributed by atoms with Crippen LogP contribution in [0, 0.1) is 11.3 Å². The first-order chi connectivity index (χ1) is 13.7. The van der Waals surface area contributed by atoms with Gasteiger partial charge in [-0.05, 0) is 50.5 Å². The van der Waals surface area contributed by atoms with Crippen LogP contribution in [0.4, 0.5) is 0 Å². The van der Waals surface area contributed by atoms with Crippen LogP contribution < -0.4 is 0 Å². The zero-order valence-electron chi connectivity index (χ0n) is 18.4. The lowest BCUT2D eigenvalue weighted by molar-refractivity contribution is -0.152. The highest BCUT2D eigenvalue weighted by Crippen LogP contribution is 2.32. The van der Waals surface area contributed by atoms with Gasteiger partial charge in [-0.1, -0.05) is 71.3 Å². The van der Waals surface area contributed by atoms with Gasteiger partial charge in [0.2, 0.25) is 0 Å². The summed E-state index contributed by atoms with van der Waals surface area (Å²) in [6.45, 7) is 7.67. The molecule has 0 amide bonds. The van der Waals surface area contributed by atoms with E-state index < -0.39 is 17.4 Å². The molecule has 5 nitrogen and oxygen atoms in total. The standard InChI is InChI=1S/C17H28O3.C7H10O2/c1-5-7-9-11-13-17(14(3)4,16(19)20)15(18)12-10-8-6-2;8-7(9)6-4-2-1-3-5-6/h10-14H,5-9H2,1-4H3,(H,19,20);4H,1-3,5H2,(H,8,9). The van der Waals surface area contributed by atoms with Gasteiger partial charge in [0.05, 0.1) is 0 Å². The Labute approximate surface area is 175 Å². The molecule has 29 heavy (non-hydrogen) atoms. The number of carboxylic acids is 2. The number of ketones is 1. The first kappa shape index (κ1) is 26.8. The van der Waals surface area contributed by atoms with Crippen molar-refractivity contribution in [3.05, 3.63) is 36.0 Å². The second-order valence-electron chi connectivity index (χ2n) is 7.71. The minimum atomic E-state index is -1.43. The number of rotatable bonds is 11. The summed E-state index contributed by atoms with van der Waals surface area (Å²) in [5.41, 5.74) is -0.834. The van der Waals surface area contributed by atoms with Gasteiger partial charge in [0, 0.05) is 5.57 Å². The van der Waals surface area contributed by atoms with Crippen LogP contribution in [0.15, 0.2) is 36.0 Å². The van der Waals surface area contributed by atoms with E-state index in [2.05, 4.69) is 6.92 Å². The van der Waals surface area contributed by atoms with Crippen molar-refractivity contribution >= 4 is 17.7 Å². The Bertz CT molecular complexity index is 613. The lowest BCUT2D eigenvalue weighted by atomic mass is 9.73. The van der Waals surface area contributed by atoms with E-state index in [1.807, 2.05) is 19.1 Å². The SMILES string of the molecule is CCCC=CC(=O)C(C=CCCCC)(C(=O)O)C(C)C.O=C(O)C1=CCCCC1. The van der Waals surface area contributed by atoms with Crippen LogP contribution in [-0.2, 0) is 14.4 Å². The summed E-state index contributed by atoms with van der Waals surface area (Å²) in [6, 6.07) is 0. The first-order valence-electron chi connectivity index (χ1n) is 10.8. The predicted octanol–water partition coefficient (Wildman–Crippen LogP) is 5.96. The molecular formula is C24H38O5. The topological polar surface area (TPSA) is 91.7 Å². The van der Waals surface area contributed by atoms with Crippen molar-refractivity contribution in [3.8, 4) is 0 Å². The third-order valence-corrected chi connectivity index (χ3v) is 5.07. The molecule has 0 spiro atoms. The second-order valence-corrected chi connectivity index (χ2v) is 7.71. The zero-order chi connectivity index (χ0) is 22.3. The fraction of sp³-hybridized carbons (Fsp3) is 0.625. The summed E-state index contributed by atoms with van der Waals surface area (Å²) in [6.07, 6.45) is 16.9. The minimum Gasteiger partial charge on any atom is -0.480 e. The Balaban J connectivity index is 0.000000717. The van der Waals surface area contributed by atoms with Crippen molar-refractivity contribution in [2.45, 2.75) is 85.5 Å². The normalized spacial score (nSPS) is 16.2. The molecule has 0 aliphatic heterocycles. The Morgan fingerprint density at radius 1 is 1.07 bits per heavy atom. The molecule has 0 saturated carbocycles. The molecule has 1 atom stereocenters. The summed E-state index contributed by atoms with van der Waals surface area (Å²) < 4.78 is 0. The summed E-state index contributed by atoms with van der Waals surface area (Å²) in [5.74, 6) is -2.42. The molecule has 1 unspecified atom stereocenters. The van der Waals surface area contributed by atoms with Crippen molar-refractivity contribution in [1.29, 1.82) is 0 Å². The molecule has 0 aromatic rings. The molecule has 0 bridgehead atoms. The van der Waals surface area contributed by atoms with Gasteiger partial charge in [-0.15, -0.1) is 0 Å². The number of aliphatic carboxylic acids is 2. The quantitative estimate of drug-likeness (QED) is 0.191. The fourth-order valence-corrected chi connectivity index (χ4v) is 3.10. The second kappa shape index (κ2) is 14.8. The van der Waals surface area contributed by atoms with Crippen LogP contribution in [0.3, 0.4) is 0 Å². The molecule has 164 valence electrons. The third-order valence-electron chi connectivity index (χ3n) is 5.07. The van der Waals surface area contributed by atoms with E-state index >= 15 is 0 Å². The molecule has 0 radical (unpaired) electrons. The lowest BCUT2D eigenvalue weighted by Gasteiger charge is -2.27. The van der Waals surface area contributed by atoms with Crippen molar-refractivity contribution in [2.75, 3.05) is 0 Å². The molecule has 0 heterocycles. The molecule has 5 heteroatoms. The largest absolute Gasteiger partial charge is 0.480 e. The van der Waals surface area contributed by atoms with E-state index in [1.54, 1.807) is 26.0 Å². The number of allylic oxidation sites excluding steroid dienone is 4. The smallest absolute Gasteiger partial charge is 0.331 e. The molecule has 1 rings (SSSR count). The van der Waals surface area contributed by atoms with Gasteiger partial charge in [-0.2, -0.15) is 0 Å². The van der Waals surface area contributed by atoms with Crippen LogP contribution in [0.2, 0.25) is 0 Å². The summed E-state index contributed by atoms with van der Waals surface area (Å²) >= 11 is 0. The van der Waals surface area contributed by atoms with Gasteiger partial charge in [0.25, 0.3) is 0 Å². The number of carbonyl (C=O) groups is 3. The molecule has 2 N–H and O–H groups in total. The third kappa shape index (κ3) is 9.25. The van der Waals surface area contributed by atoms with Crippen LogP contribution in [0.25, 0.3) is 0 Å².